The summed E-state index contributed by atoms with van der Waals surface area (Å²) in [6, 6.07) is 21.1. The Labute approximate surface area is 271 Å². The lowest BCUT2D eigenvalue weighted by molar-refractivity contribution is -0.122. The molecular weight excluding hydrogens is 637 g/mol. The monoisotopic (exact) mass is 671 g/mol. The molecule has 2 aliphatic heterocycles. The molecule has 10 heteroatoms. The number of phenols is 1. The molecule has 6 rings (SSSR count). The second kappa shape index (κ2) is 13.3. The average Bonchev–Trinajstić information content (AvgIpc) is 3.58. The number of imide groups is 1. The van der Waals surface area contributed by atoms with Crippen LogP contribution in [0, 0.1) is 17.8 Å². The molecule has 3 aromatic rings. The lowest BCUT2D eigenvalue weighted by Gasteiger charge is -2.31. The second-order valence-electron chi connectivity index (χ2n) is 11.8. The molecule has 0 bridgehead atoms. The molecule has 0 aromatic heterocycles. The number of hydrogen-bond acceptors (Lipinski definition) is 7. The van der Waals surface area contributed by atoms with Gasteiger partial charge in [0.05, 0.1) is 30.2 Å². The summed E-state index contributed by atoms with van der Waals surface area (Å²) in [6.45, 7) is 2.70. The van der Waals surface area contributed by atoms with Crippen molar-refractivity contribution in [2.24, 2.45) is 17.8 Å². The number of para-hydroxylation sites is 1. The van der Waals surface area contributed by atoms with E-state index in [1.165, 1.54) is 17.0 Å². The van der Waals surface area contributed by atoms with Crippen molar-refractivity contribution in [3.8, 4) is 11.5 Å². The lowest BCUT2D eigenvalue weighted by atomic mass is 9.69. The van der Waals surface area contributed by atoms with Crippen LogP contribution in [0.25, 0.3) is 6.08 Å². The molecule has 0 spiro atoms. The molecule has 3 aliphatic rings. The number of carbonyl (C=O) groups is 2. The Balaban J connectivity index is 1.29. The third-order valence-corrected chi connectivity index (χ3v) is 9.62. The van der Waals surface area contributed by atoms with Crippen molar-refractivity contribution in [2.45, 2.75) is 38.7 Å². The Hall–Kier alpha value is -3.70. The fourth-order valence-electron chi connectivity index (χ4n) is 6.90. The first-order valence-electron chi connectivity index (χ1n) is 15.3. The highest BCUT2D eigenvalue weighted by Gasteiger charge is 2.57. The zero-order chi connectivity index (χ0) is 31.7. The number of halogens is 1. The van der Waals surface area contributed by atoms with Crippen molar-refractivity contribution >= 4 is 52.1 Å². The molecular formula is C35H35BBrNO7. The first-order valence-corrected chi connectivity index (χ1v) is 16.1. The van der Waals surface area contributed by atoms with Gasteiger partial charge in [0, 0.05) is 16.0 Å². The van der Waals surface area contributed by atoms with E-state index in [4.69, 9.17) is 9.47 Å². The predicted octanol–water partition coefficient (Wildman–Crippen LogP) is 5.01. The van der Waals surface area contributed by atoms with E-state index in [9.17, 15) is 24.7 Å². The second-order valence-corrected chi connectivity index (χ2v) is 12.7. The van der Waals surface area contributed by atoms with Crippen LogP contribution in [0.1, 0.15) is 38.2 Å². The SMILES string of the molecule is CC/C(=C\c1cc(Br)ccc1O)CC[C@H]1OC[C@H]2C1=C(COc1ccccc1)C[C@H]1C(=O)N(c3cccc(B(O)O)c3)C(=O)[C@H]12. The summed E-state index contributed by atoms with van der Waals surface area (Å²) < 4.78 is 13.5. The van der Waals surface area contributed by atoms with Gasteiger partial charge in [0.1, 0.15) is 18.1 Å². The highest BCUT2D eigenvalue weighted by Crippen LogP contribution is 2.50. The van der Waals surface area contributed by atoms with Crippen molar-refractivity contribution in [1.29, 1.82) is 0 Å². The fraction of sp³-hybridized carbons (Fsp3) is 0.314. The van der Waals surface area contributed by atoms with Crippen molar-refractivity contribution in [3.05, 3.63) is 99.6 Å². The number of carbonyl (C=O) groups excluding carboxylic acids is 2. The third kappa shape index (κ3) is 6.38. The van der Waals surface area contributed by atoms with E-state index >= 15 is 0 Å². The number of benzene rings is 3. The minimum absolute atomic E-state index is 0.207. The Morgan fingerprint density at radius 1 is 1.04 bits per heavy atom. The smallest absolute Gasteiger partial charge is 0.488 e. The van der Waals surface area contributed by atoms with Gasteiger partial charge < -0.3 is 24.6 Å². The maximum atomic E-state index is 14.0. The van der Waals surface area contributed by atoms with Crippen LogP contribution in [0.3, 0.4) is 0 Å². The molecule has 3 N–H and O–H groups in total. The van der Waals surface area contributed by atoms with E-state index < -0.39 is 19.0 Å². The maximum Gasteiger partial charge on any atom is 0.488 e. The van der Waals surface area contributed by atoms with Crippen LogP contribution in [-0.4, -0.2) is 53.4 Å². The first-order chi connectivity index (χ1) is 21.7. The number of aromatic hydroxyl groups is 1. The van der Waals surface area contributed by atoms with E-state index in [2.05, 4.69) is 22.9 Å². The summed E-state index contributed by atoms with van der Waals surface area (Å²) in [5.74, 6) is -1.03. The largest absolute Gasteiger partial charge is 0.507 e. The minimum Gasteiger partial charge on any atom is -0.507 e. The molecule has 2 heterocycles. The van der Waals surface area contributed by atoms with E-state index in [0.717, 1.165) is 45.3 Å². The quantitative estimate of drug-likeness (QED) is 0.158. The number of amides is 2. The molecule has 3 aromatic carbocycles. The Kier molecular flexibility index (Phi) is 9.28. The predicted molar refractivity (Wildman–Crippen MR) is 176 cm³/mol. The zero-order valence-electron chi connectivity index (χ0n) is 24.9. The number of allylic oxidation sites excluding steroid dienone is 1. The number of anilines is 1. The van der Waals surface area contributed by atoms with E-state index in [1.54, 1.807) is 24.3 Å². The summed E-state index contributed by atoms with van der Waals surface area (Å²) in [7, 11) is -1.71. The van der Waals surface area contributed by atoms with Gasteiger partial charge in [-0.05, 0) is 84.8 Å². The summed E-state index contributed by atoms with van der Waals surface area (Å²) in [6.07, 6.45) is 4.40. The minimum atomic E-state index is -1.71. The lowest BCUT2D eigenvalue weighted by Crippen LogP contribution is -2.36. The number of nitrogens with zero attached hydrogens (tertiary/aromatic N) is 1. The molecule has 8 nitrogen and oxygen atoms in total. The van der Waals surface area contributed by atoms with Crippen molar-refractivity contribution in [3.63, 3.8) is 0 Å². The van der Waals surface area contributed by atoms with Gasteiger partial charge in [-0.25, -0.2) is 0 Å². The zero-order valence-corrected chi connectivity index (χ0v) is 26.5. The van der Waals surface area contributed by atoms with Gasteiger partial charge in [0.15, 0.2) is 0 Å². The Bertz CT molecular complexity index is 1660. The van der Waals surface area contributed by atoms with Gasteiger partial charge in [-0.1, -0.05) is 64.8 Å². The number of rotatable bonds is 10. The van der Waals surface area contributed by atoms with Crippen LogP contribution >= 0.6 is 15.9 Å². The molecule has 2 amide bonds. The van der Waals surface area contributed by atoms with Crippen LogP contribution in [0.2, 0.25) is 0 Å². The van der Waals surface area contributed by atoms with Crippen LogP contribution < -0.4 is 15.1 Å². The van der Waals surface area contributed by atoms with Crippen LogP contribution in [0.15, 0.2) is 94.0 Å². The molecule has 232 valence electrons. The highest BCUT2D eigenvalue weighted by molar-refractivity contribution is 9.10. The fourth-order valence-corrected chi connectivity index (χ4v) is 7.28. The molecule has 45 heavy (non-hydrogen) atoms. The van der Waals surface area contributed by atoms with E-state index in [0.29, 0.717) is 25.1 Å². The van der Waals surface area contributed by atoms with Crippen molar-refractivity contribution < 1.29 is 34.2 Å². The van der Waals surface area contributed by atoms with Crippen LogP contribution in [0.4, 0.5) is 5.69 Å². The van der Waals surface area contributed by atoms with Gasteiger partial charge >= 0.3 is 7.12 Å². The summed E-state index contributed by atoms with van der Waals surface area (Å²) in [5, 5.41) is 29.8. The van der Waals surface area contributed by atoms with E-state index in [1.807, 2.05) is 42.5 Å². The third-order valence-electron chi connectivity index (χ3n) is 9.12. The van der Waals surface area contributed by atoms with Crippen molar-refractivity contribution in [2.75, 3.05) is 18.1 Å². The molecule has 2 fully saturated rings. The summed E-state index contributed by atoms with van der Waals surface area (Å²) in [4.78, 5) is 29.0. The van der Waals surface area contributed by atoms with Gasteiger partial charge in [-0.2, -0.15) is 0 Å². The van der Waals surface area contributed by atoms with E-state index in [-0.39, 0.29) is 41.7 Å². The Morgan fingerprint density at radius 2 is 1.84 bits per heavy atom. The molecule has 2 saturated heterocycles. The van der Waals surface area contributed by atoms with Gasteiger partial charge in [-0.3, -0.25) is 14.5 Å². The summed E-state index contributed by atoms with van der Waals surface area (Å²) >= 11 is 3.48. The topological polar surface area (TPSA) is 117 Å². The van der Waals surface area contributed by atoms with Crippen LogP contribution in [-0.2, 0) is 14.3 Å². The number of hydrogen-bond donors (Lipinski definition) is 3. The molecule has 1 aliphatic carbocycles. The molecule has 0 unspecified atom stereocenters. The van der Waals surface area contributed by atoms with Gasteiger partial charge in [0.25, 0.3) is 0 Å². The van der Waals surface area contributed by atoms with Gasteiger partial charge in [0.2, 0.25) is 11.8 Å². The number of phenolic OH excluding ortho intramolecular Hbond substituents is 1. The average molecular weight is 672 g/mol. The summed E-state index contributed by atoms with van der Waals surface area (Å²) in [5.41, 5.74) is 4.49. The van der Waals surface area contributed by atoms with Crippen molar-refractivity contribution in [1.82, 2.24) is 0 Å². The highest BCUT2D eigenvalue weighted by atomic mass is 79.9. The number of fused-ring (bicyclic) bond motifs is 3. The number of ether oxygens (including phenoxy) is 2. The van der Waals surface area contributed by atoms with Crippen LogP contribution in [0.5, 0.6) is 11.5 Å². The normalized spacial score (nSPS) is 22.9. The molecule has 0 radical (unpaired) electrons. The standard InChI is InChI=1S/C35H35BBrNO7/c1-2-21(15-22-16-25(37)12-13-30(22)39)11-14-31-32-23(19-44-27-9-4-3-5-10-27)17-28-33(29(32)20-45-31)35(41)38(34(28)40)26-8-6-7-24(18-26)36(42)43/h3-10,12-13,15-16,18,28-29,31,33,39,42-43H,2,11,14,17,19-20H2,1H3/b21-15+/t28-,29+,31-,33-/m1/s1. The first kappa shape index (κ1) is 31.3. The molecule has 4 atom stereocenters. The maximum absolute atomic E-state index is 14.0. The Morgan fingerprint density at radius 3 is 2.60 bits per heavy atom. The van der Waals surface area contributed by atoms with Gasteiger partial charge in [-0.15, -0.1) is 0 Å². The molecule has 0 saturated carbocycles.